The Kier molecular flexibility index (Phi) is 5.32. The first-order valence-corrected chi connectivity index (χ1v) is 6.89. The molecule has 1 amide bonds. The summed E-state index contributed by atoms with van der Waals surface area (Å²) in [5, 5.41) is 2.82. The molecule has 0 saturated carbocycles. The Morgan fingerprint density at radius 3 is 2.48 bits per heavy atom. The van der Waals surface area contributed by atoms with Crippen LogP contribution in [0, 0.1) is 5.82 Å². The molecule has 4 heteroatoms. The summed E-state index contributed by atoms with van der Waals surface area (Å²) < 4.78 is 18.2. The lowest BCUT2D eigenvalue weighted by atomic mass is 10.1. The molecule has 110 valence electrons. The van der Waals surface area contributed by atoms with Gasteiger partial charge in [0, 0.05) is 6.54 Å². The molecule has 2 aromatic rings. The lowest BCUT2D eigenvalue weighted by Gasteiger charge is -2.14. The third-order valence-electron chi connectivity index (χ3n) is 3.05. The quantitative estimate of drug-likeness (QED) is 0.887. The van der Waals surface area contributed by atoms with Crippen molar-refractivity contribution in [3.05, 3.63) is 66.0 Å². The summed E-state index contributed by atoms with van der Waals surface area (Å²) >= 11 is 0. The summed E-state index contributed by atoms with van der Waals surface area (Å²) in [5.74, 6) is -0.0420. The Balaban J connectivity index is 1.76. The molecule has 0 saturated heterocycles. The maximum absolute atomic E-state index is 12.8. The van der Waals surface area contributed by atoms with Crippen molar-refractivity contribution in [1.29, 1.82) is 0 Å². The minimum Gasteiger partial charge on any atom is -0.481 e. The fourth-order valence-corrected chi connectivity index (χ4v) is 1.89. The maximum Gasteiger partial charge on any atom is 0.260 e. The number of amides is 1. The number of ether oxygens (including phenoxy) is 1. The van der Waals surface area contributed by atoms with Crippen LogP contribution in [-0.4, -0.2) is 18.6 Å². The van der Waals surface area contributed by atoms with Crippen molar-refractivity contribution in [3.8, 4) is 5.75 Å². The van der Waals surface area contributed by atoms with Gasteiger partial charge in [-0.25, -0.2) is 4.39 Å². The van der Waals surface area contributed by atoms with E-state index in [0.29, 0.717) is 12.3 Å². The summed E-state index contributed by atoms with van der Waals surface area (Å²) in [6, 6.07) is 15.5. The predicted octanol–water partition coefficient (Wildman–Crippen LogP) is 2.95. The van der Waals surface area contributed by atoms with Gasteiger partial charge in [-0.3, -0.25) is 4.79 Å². The Morgan fingerprint density at radius 1 is 1.14 bits per heavy atom. The molecule has 1 atom stereocenters. The normalized spacial score (nSPS) is 11.7. The third-order valence-corrected chi connectivity index (χ3v) is 3.05. The van der Waals surface area contributed by atoms with Crippen LogP contribution in [0.2, 0.25) is 0 Å². The Morgan fingerprint density at radius 2 is 1.81 bits per heavy atom. The smallest absolute Gasteiger partial charge is 0.260 e. The van der Waals surface area contributed by atoms with E-state index in [1.807, 2.05) is 30.3 Å². The molecular formula is C17H18FNO2. The molecule has 21 heavy (non-hydrogen) atoms. The van der Waals surface area contributed by atoms with E-state index in [4.69, 9.17) is 4.74 Å². The van der Waals surface area contributed by atoms with Gasteiger partial charge in [-0.2, -0.15) is 0 Å². The highest BCUT2D eigenvalue weighted by Crippen LogP contribution is 2.13. The third kappa shape index (κ3) is 4.91. The fraction of sp³-hybridized carbons (Fsp3) is 0.235. The number of carbonyl (C=O) groups is 1. The number of hydrogen-bond donors (Lipinski definition) is 1. The van der Waals surface area contributed by atoms with Crippen LogP contribution >= 0.6 is 0 Å². The topological polar surface area (TPSA) is 38.3 Å². The first-order valence-electron chi connectivity index (χ1n) is 6.89. The number of benzene rings is 2. The molecule has 0 radical (unpaired) electrons. The van der Waals surface area contributed by atoms with E-state index < -0.39 is 6.10 Å². The summed E-state index contributed by atoms with van der Waals surface area (Å²) in [6.45, 7) is 2.22. The van der Waals surface area contributed by atoms with Crippen molar-refractivity contribution in [2.75, 3.05) is 6.54 Å². The van der Waals surface area contributed by atoms with E-state index >= 15 is 0 Å². The van der Waals surface area contributed by atoms with Gasteiger partial charge in [0.1, 0.15) is 11.6 Å². The van der Waals surface area contributed by atoms with Crippen LogP contribution in [0.3, 0.4) is 0 Å². The van der Waals surface area contributed by atoms with Gasteiger partial charge in [-0.05, 0) is 43.2 Å². The molecule has 0 aliphatic carbocycles. The monoisotopic (exact) mass is 287 g/mol. The lowest BCUT2D eigenvalue weighted by molar-refractivity contribution is -0.127. The predicted molar refractivity (Wildman–Crippen MR) is 79.6 cm³/mol. The zero-order valence-electron chi connectivity index (χ0n) is 11.9. The van der Waals surface area contributed by atoms with Crippen molar-refractivity contribution in [2.24, 2.45) is 0 Å². The molecule has 0 spiro atoms. The highest BCUT2D eigenvalue weighted by Gasteiger charge is 2.13. The molecule has 2 rings (SSSR count). The van der Waals surface area contributed by atoms with E-state index in [0.717, 1.165) is 6.42 Å². The van der Waals surface area contributed by atoms with E-state index in [-0.39, 0.29) is 11.7 Å². The van der Waals surface area contributed by atoms with Crippen LogP contribution in [-0.2, 0) is 11.2 Å². The molecule has 2 aromatic carbocycles. The molecule has 0 heterocycles. The van der Waals surface area contributed by atoms with Crippen LogP contribution < -0.4 is 10.1 Å². The summed E-state index contributed by atoms with van der Waals surface area (Å²) in [7, 11) is 0. The van der Waals surface area contributed by atoms with Crippen LogP contribution in [0.15, 0.2) is 54.6 Å². The van der Waals surface area contributed by atoms with Gasteiger partial charge in [0.15, 0.2) is 6.10 Å². The largest absolute Gasteiger partial charge is 0.481 e. The minimum absolute atomic E-state index is 0.185. The summed E-state index contributed by atoms with van der Waals surface area (Å²) in [5.41, 5.74) is 1.17. The zero-order chi connectivity index (χ0) is 15.1. The van der Waals surface area contributed by atoms with E-state index in [1.54, 1.807) is 6.92 Å². The Bertz CT molecular complexity index is 569. The summed E-state index contributed by atoms with van der Waals surface area (Å²) in [6.07, 6.45) is 0.154. The molecule has 1 N–H and O–H groups in total. The molecule has 0 aliphatic heterocycles. The summed E-state index contributed by atoms with van der Waals surface area (Å²) in [4.78, 5) is 11.9. The second-order valence-corrected chi connectivity index (χ2v) is 4.74. The van der Waals surface area contributed by atoms with Gasteiger partial charge < -0.3 is 10.1 Å². The van der Waals surface area contributed by atoms with Gasteiger partial charge in [0.2, 0.25) is 0 Å². The second kappa shape index (κ2) is 7.43. The van der Waals surface area contributed by atoms with Crippen molar-refractivity contribution in [2.45, 2.75) is 19.4 Å². The standard InChI is InChI=1S/C17H18FNO2/c1-13(21-16-9-7-15(18)8-10-16)17(20)19-12-11-14-5-3-2-4-6-14/h2-10,13H,11-12H2,1H3,(H,19,20)/t13-/m0/s1. The number of carbonyl (C=O) groups excluding carboxylic acids is 1. The Labute approximate surface area is 123 Å². The van der Waals surface area contributed by atoms with Crippen molar-refractivity contribution in [1.82, 2.24) is 5.32 Å². The first-order chi connectivity index (χ1) is 10.1. The highest BCUT2D eigenvalue weighted by atomic mass is 19.1. The number of halogens is 1. The zero-order valence-corrected chi connectivity index (χ0v) is 11.9. The van der Waals surface area contributed by atoms with E-state index in [2.05, 4.69) is 5.32 Å². The number of nitrogens with one attached hydrogen (secondary N) is 1. The van der Waals surface area contributed by atoms with Crippen molar-refractivity contribution < 1.29 is 13.9 Å². The van der Waals surface area contributed by atoms with Crippen LogP contribution in [0.4, 0.5) is 4.39 Å². The van der Waals surface area contributed by atoms with Gasteiger partial charge >= 0.3 is 0 Å². The Hall–Kier alpha value is -2.36. The van der Waals surface area contributed by atoms with Crippen molar-refractivity contribution >= 4 is 5.91 Å². The van der Waals surface area contributed by atoms with Gasteiger partial charge in [0.25, 0.3) is 5.91 Å². The van der Waals surface area contributed by atoms with Gasteiger partial charge in [-0.1, -0.05) is 30.3 Å². The molecule has 0 fully saturated rings. The van der Waals surface area contributed by atoms with Crippen LogP contribution in [0.1, 0.15) is 12.5 Å². The average Bonchev–Trinajstić information content (AvgIpc) is 2.50. The molecular weight excluding hydrogens is 269 g/mol. The fourth-order valence-electron chi connectivity index (χ4n) is 1.89. The number of rotatable bonds is 6. The minimum atomic E-state index is -0.619. The lowest BCUT2D eigenvalue weighted by Crippen LogP contribution is -2.37. The van der Waals surface area contributed by atoms with Gasteiger partial charge in [-0.15, -0.1) is 0 Å². The SMILES string of the molecule is C[C@H](Oc1ccc(F)cc1)C(=O)NCCc1ccccc1. The van der Waals surface area contributed by atoms with E-state index in [1.165, 1.54) is 29.8 Å². The molecule has 3 nitrogen and oxygen atoms in total. The molecule has 0 unspecified atom stereocenters. The van der Waals surface area contributed by atoms with Gasteiger partial charge in [0.05, 0.1) is 0 Å². The number of hydrogen-bond acceptors (Lipinski definition) is 2. The molecule has 0 bridgehead atoms. The van der Waals surface area contributed by atoms with Crippen molar-refractivity contribution in [3.63, 3.8) is 0 Å². The maximum atomic E-state index is 12.8. The average molecular weight is 287 g/mol. The van der Waals surface area contributed by atoms with E-state index in [9.17, 15) is 9.18 Å². The molecule has 0 aromatic heterocycles. The first kappa shape index (κ1) is 15.0. The highest BCUT2D eigenvalue weighted by molar-refractivity contribution is 5.80. The van der Waals surface area contributed by atoms with Crippen LogP contribution in [0.25, 0.3) is 0 Å². The van der Waals surface area contributed by atoms with Crippen LogP contribution in [0.5, 0.6) is 5.75 Å². The second-order valence-electron chi connectivity index (χ2n) is 4.74. The molecule has 0 aliphatic rings.